The van der Waals surface area contributed by atoms with Gasteiger partial charge in [-0.2, -0.15) is 0 Å². The van der Waals surface area contributed by atoms with E-state index in [1.807, 2.05) is 70.7 Å². The van der Waals surface area contributed by atoms with Crippen LogP contribution in [0.15, 0.2) is 139 Å². The van der Waals surface area contributed by atoms with Crippen LogP contribution in [0.25, 0.3) is 0 Å². The van der Waals surface area contributed by atoms with Gasteiger partial charge in [0.15, 0.2) is 5.82 Å². The number of allylic oxidation sites excluding steroid dienone is 3. The average molecular weight is 780 g/mol. The van der Waals surface area contributed by atoms with Crippen molar-refractivity contribution < 1.29 is 9.59 Å². The van der Waals surface area contributed by atoms with Crippen molar-refractivity contribution in [2.75, 3.05) is 49.1 Å². The van der Waals surface area contributed by atoms with Gasteiger partial charge in [0.1, 0.15) is 5.82 Å². The fourth-order valence-electron chi connectivity index (χ4n) is 7.94. The minimum Gasteiger partial charge on any atom is -0.303 e. The second-order valence-electron chi connectivity index (χ2n) is 15.0. The van der Waals surface area contributed by atoms with Gasteiger partial charge in [-0.05, 0) is 86.6 Å². The molecule has 2 aromatic carbocycles. The zero-order chi connectivity index (χ0) is 39.2. The Morgan fingerprint density at radius 3 is 1.82 bits per heavy atom. The normalized spacial score (nSPS) is 16.4. The zero-order valence-corrected chi connectivity index (χ0v) is 33.7. The first-order valence-corrected chi connectivity index (χ1v) is 21.2. The molecule has 0 saturated carbocycles. The summed E-state index contributed by atoms with van der Waals surface area (Å²) in [6.45, 7) is 8.13. The molecular weight excluding hydrogens is 727 g/mol. The van der Waals surface area contributed by atoms with Crippen LogP contribution in [0.4, 0.5) is 11.6 Å². The minimum atomic E-state index is 0.0261. The van der Waals surface area contributed by atoms with Gasteiger partial charge in [-0.1, -0.05) is 91.0 Å². The van der Waals surface area contributed by atoms with E-state index < -0.39 is 0 Å². The number of thiophene rings is 1. The Labute approximate surface area is 341 Å². The van der Waals surface area contributed by atoms with Gasteiger partial charge in [-0.15, -0.1) is 11.3 Å². The molecule has 8 rings (SSSR count). The summed E-state index contributed by atoms with van der Waals surface area (Å²) >= 11 is 1.47. The van der Waals surface area contributed by atoms with Gasteiger partial charge >= 0.3 is 0 Å². The van der Waals surface area contributed by atoms with E-state index >= 15 is 0 Å². The van der Waals surface area contributed by atoms with Crippen molar-refractivity contribution in [3.05, 3.63) is 160 Å². The Kier molecular flexibility index (Phi) is 14.2. The van der Waals surface area contributed by atoms with Gasteiger partial charge < -0.3 is 9.80 Å². The first-order valence-electron chi connectivity index (χ1n) is 20.3. The number of pyridine rings is 1. The van der Waals surface area contributed by atoms with E-state index in [0.717, 1.165) is 106 Å². The lowest BCUT2D eigenvalue weighted by atomic mass is 10.0. The van der Waals surface area contributed by atoms with Crippen LogP contribution in [0.2, 0.25) is 0 Å². The molecule has 9 nitrogen and oxygen atoms in total. The molecule has 5 aromatic rings. The molecular formula is C47H53N7O2S. The van der Waals surface area contributed by atoms with Crippen LogP contribution in [-0.4, -0.2) is 87.9 Å². The van der Waals surface area contributed by atoms with Crippen LogP contribution < -0.4 is 9.80 Å². The maximum Gasteiger partial charge on any atom is 0.269 e. The summed E-state index contributed by atoms with van der Waals surface area (Å²) in [6.07, 6.45) is 17.7. The first-order chi connectivity index (χ1) is 28.0. The van der Waals surface area contributed by atoms with Crippen molar-refractivity contribution in [1.82, 2.24) is 24.8 Å². The molecule has 2 aliphatic heterocycles. The van der Waals surface area contributed by atoms with E-state index in [-0.39, 0.29) is 23.9 Å². The van der Waals surface area contributed by atoms with Crippen molar-refractivity contribution >= 4 is 34.8 Å². The number of likely N-dealkylation sites (tertiary alicyclic amines) is 2. The average Bonchev–Trinajstić information content (AvgIpc) is 4.01. The fourth-order valence-corrected chi connectivity index (χ4v) is 8.60. The van der Waals surface area contributed by atoms with E-state index in [4.69, 9.17) is 0 Å². The van der Waals surface area contributed by atoms with Crippen molar-refractivity contribution in [1.29, 1.82) is 0 Å². The Balaban J connectivity index is 0.000000174. The summed E-state index contributed by atoms with van der Waals surface area (Å²) in [5.74, 6) is 1.56. The highest BCUT2D eigenvalue weighted by Gasteiger charge is 2.33. The predicted octanol–water partition coefficient (Wildman–Crippen LogP) is 8.21. The van der Waals surface area contributed by atoms with Crippen LogP contribution in [0, 0.1) is 6.92 Å². The number of carbonyl (C=O) groups is 2. The summed E-state index contributed by atoms with van der Waals surface area (Å²) in [5, 5.41) is 1.94. The molecule has 0 radical (unpaired) electrons. The summed E-state index contributed by atoms with van der Waals surface area (Å²) in [5.41, 5.74) is 4.56. The molecule has 0 N–H and O–H groups in total. The van der Waals surface area contributed by atoms with Crippen LogP contribution in [-0.2, 0) is 17.6 Å². The minimum absolute atomic E-state index is 0.0261. The number of rotatable bonds is 12. The third-order valence-corrected chi connectivity index (χ3v) is 12.0. The Bertz CT molecular complexity index is 2060. The number of piperidine rings is 2. The van der Waals surface area contributed by atoms with Crippen molar-refractivity contribution in [2.24, 2.45) is 0 Å². The molecule has 3 aliphatic rings. The van der Waals surface area contributed by atoms with Crippen LogP contribution in [0.1, 0.15) is 58.6 Å². The SMILES string of the molecule is Cc1cccc(N(C(=O)C2=CC=CC2)C2CCN(CCc3ccccc3)CC2)n1.O=C(c1cccs1)N(c1cnccn1)C1CCN(CCc2ccccc2)CC1. The summed E-state index contributed by atoms with van der Waals surface area (Å²) in [4.78, 5) is 49.3. The number of hydrogen-bond donors (Lipinski definition) is 0. The molecule has 2 amide bonds. The third-order valence-electron chi connectivity index (χ3n) is 11.1. The number of hydrogen-bond acceptors (Lipinski definition) is 8. The van der Waals surface area contributed by atoms with Gasteiger partial charge in [0.25, 0.3) is 11.8 Å². The van der Waals surface area contributed by atoms with Gasteiger partial charge in [-0.25, -0.2) is 9.97 Å². The largest absolute Gasteiger partial charge is 0.303 e. The number of amides is 2. The van der Waals surface area contributed by atoms with Crippen molar-refractivity contribution in [3.63, 3.8) is 0 Å². The lowest BCUT2D eigenvalue weighted by Gasteiger charge is -2.38. The smallest absolute Gasteiger partial charge is 0.269 e. The molecule has 0 spiro atoms. The number of aromatic nitrogens is 3. The van der Waals surface area contributed by atoms with Gasteiger partial charge in [0.2, 0.25) is 0 Å². The monoisotopic (exact) mass is 779 g/mol. The summed E-state index contributed by atoms with van der Waals surface area (Å²) in [6, 6.07) is 31.4. The molecule has 2 fully saturated rings. The second-order valence-corrected chi connectivity index (χ2v) is 15.9. The maximum absolute atomic E-state index is 13.3. The van der Waals surface area contributed by atoms with Gasteiger partial charge in [-0.3, -0.25) is 24.4 Å². The molecule has 57 heavy (non-hydrogen) atoms. The highest BCUT2D eigenvalue weighted by molar-refractivity contribution is 7.12. The van der Waals surface area contributed by atoms with Gasteiger partial charge in [0.05, 0.1) is 11.1 Å². The molecule has 1 aliphatic carbocycles. The zero-order valence-electron chi connectivity index (χ0n) is 32.9. The lowest BCUT2D eigenvalue weighted by molar-refractivity contribution is -0.115. The first kappa shape index (κ1) is 39.9. The molecule has 2 saturated heterocycles. The number of anilines is 2. The van der Waals surface area contributed by atoms with E-state index in [1.165, 1.54) is 22.5 Å². The summed E-state index contributed by atoms with van der Waals surface area (Å²) in [7, 11) is 0. The summed E-state index contributed by atoms with van der Waals surface area (Å²) < 4.78 is 0. The van der Waals surface area contributed by atoms with Gasteiger partial charge in [0, 0.05) is 75.0 Å². The molecule has 0 atom stereocenters. The predicted molar refractivity (Wildman–Crippen MR) is 231 cm³/mol. The number of benzene rings is 2. The maximum atomic E-state index is 13.3. The lowest BCUT2D eigenvalue weighted by Crippen LogP contribution is -2.48. The molecule has 5 heterocycles. The van der Waals surface area contributed by atoms with Crippen molar-refractivity contribution in [2.45, 2.75) is 64.0 Å². The second kappa shape index (κ2) is 20.2. The molecule has 10 heteroatoms. The van der Waals surface area contributed by atoms with Crippen LogP contribution in [0.3, 0.4) is 0 Å². The topological polar surface area (TPSA) is 85.8 Å². The quantitative estimate of drug-likeness (QED) is 0.126. The molecule has 0 unspecified atom stereocenters. The Morgan fingerprint density at radius 2 is 1.32 bits per heavy atom. The standard InChI is InChI=1S/C25H29N3O.C22H24N4OS/c1-20-8-7-13-24(26-20)28(25(29)22-11-5-6-12-22)23-15-18-27(19-16-23)17-14-21-9-3-2-4-10-21;27-22(20-7-4-16-28-20)26(21-17-23-11-12-24-21)19-9-14-25(15-10-19)13-8-18-5-2-1-3-6-18/h2-11,13,23H,12,14-19H2,1H3;1-7,11-12,16-17,19H,8-10,13-15H2. The number of nitrogens with zero attached hydrogens (tertiary/aromatic N) is 7. The number of carbonyl (C=O) groups excluding carboxylic acids is 2. The van der Waals surface area contributed by atoms with E-state index in [0.29, 0.717) is 5.82 Å². The van der Waals surface area contributed by atoms with E-state index in [1.54, 1.807) is 18.6 Å². The van der Waals surface area contributed by atoms with E-state index in [9.17, 15) is 9.59 Å². The molecule has 0 bridgehead atoms. The molecule has 294 valence electrons. The number of aryl methyl sites for hydroxylation is 1. The third kappa shape index (κ3) is 11.0. The van der Waals surface area contributed by atoms with Crippen LogP contribution >= 0.6 is 11.3 Å². The Morgan fingerprint density at radius 1 is 0.702 bits per heavy atom. The molecule has 3 aromatic heterocycles. The van der Waals surface area contributed by atoms with Crippen molar-refractivity contribution in [3.8, 4) is 0 Å². The highest BCUT2D eigenvalue weighted by Crippen LogP contribution is 2.28. The van der Waals surface area contributed by atoms with E-state index in [2.05, 4.69) is 85.4 Å². The fraction of sp³-hybridized carbons (Fsp3) is 0.340. The Hall–Kier alpha value is -5.29. The van der Waals surface area contributed by atoms with Crippen LogP contribution in [0.5, 0.6) is 0 Å². The highest BCUT2D eigenvalue weighted by atomic mass is 32.1.